The minimum Gasteiger partial charge on any atom is -0.466 e. The van der Waals surface area contributed by atoms with Crippen LogP contribution in [0.5, 0.6) is 11.5 Å². The van der Waals surface area contributed by atoms with Crippen molar-refractivity contribution >= 4 is 51.6 Å². The van der Waals surface area contributed by atoms with E-state index in [2.05, 4.69) is 4.99 Å². The lowest BCUT2D eigenvalue weighted by Crippen LogP contribution is -2.18. The van der Waals surface area contributed by atoms with Crippen molar-refractivity contribution in [2.24, 2.45) is 4.99 Å². The highest BCUT2D eigenvalue weighted by atomic mass is 35.5. The van der Waals surface area contributed by atoms with Crippen LogP contribution in [0.15, 0.2) is 47.5 Å². The van der Waals surface area contributed by atoms with Crippen LogP contribution in [0.2, 0.25) is 10.0 Å². The molecule has 7 nitrogen and oxygen atoms in total. The Balaban J connectivity index is 1.48. The molecular weight excluding hydrogens is 489 g/mol. The van der Waals surface area contributed by atoms with E-state index >= 15 is 0 Å². The summed E-state index contributed by atoms with van der Waals surface area (Å²) in [6.07, 6.45) is 1.84. The van der Waals surface area contributed by atoms with E-state index in [4.69, 9.17) is 37.7 Å². The van der Waals surface area contributed by atoms with E-state index in [0.717, 1.165) is 16.6 Å². The van der Waals surface area contributed by atoms with Crippen molar-refractivity contribution in [3.63, 3.8) is 0 Å². The van der Waals surface area contributed by atoms with Gasteiger partial charge in [0.05, 0.1) is 28.7 Å². The summed E-state index contributed by atoms with van der Waals surface area (Å²) in [7, 11) is 0. The van der Waals surface area contributed by atoms with E-state index in [1.54, 1.807) is 25.1 Å². The van der Waals surface area contributed by atoms with Gasteiger partial charge in [-0.3, -0.25) is 19.6 Å². The number of nitriles is 1. The van der Waals surface area contributed by atoms with Crippen LogP contribution in [0.3, 0.4) is 0 Å². The molecule has 0 N–H and O–H groups in total. The second-order valence-electron chi connectivity index (χ2n) is 8.04. The van der Waals surface area contributed by atoms with Crippen LogP contribution in [0.1, 0.15) is 43.4 Å². The van der Waals surface area contributed by atoms with Gasteiger partial charge in [-0.1, -0.05) is 29.3 Å². The van der Waals surface area contributed by atoms with Gasteiger partial charge in [0.2, 0.25) is 5.78 Å². The number of benzene rings is 2. The van der Waals surface area contributed by atoms with Crippen molar-refractivity contribution in [2.45, 2.75) is 38.6 Å². The van der Waals surface area contributed by atoms with Crippen molar-refractivity contribution in [2.75, 3.05) is 6.61 Å². The SMILES string of the molecule is CCOC(=O)CC(=O)C(C#N)=NCc1cc(Cl)c(Oc2ccc3nc(C4CC4)ccc3c2)c(Cl)c1. The second-order valence-corrected chi connectivity index (χ2v) is 8.85. The van der Waals surface area contributed by atoms with Crippen molar-refractivity contribution in [1.29, 1.82) is 5.26 Å². The van der Waals surface area contributed by atoms with E-state index in [-0.39, 0.29) is 34.7 Å². The molecule has 0 saturated heterocycles. The lowest BCUT2D eigenvalue weighted by Gasteiger charge is -2.12. The Bertz CT molecular complexity index is 1350. The smallest absolute Gasteiger partial charge is 0.313 e. The molecular formula is C26H21Cl2N3O4. The number of halogens is 2. The molecule has 35 heavy (non-hydrogen) atoms. The number of pyridine rings is 1. The maximum atomic E-state index is 12.1. The molecule has 1 fully saturated rings. The zero-order valence-corrected chi connectivity index (χ0v) is 20.4. The number of carbonyl (C=O) groups excluding carboxylic acids is 2. The van der Waals surface area contributed by atoms with Crippen molar-refractivity contribution in [3.05, 3.63) is 63.8 Å². The van der Waals surface area contributed by atoms with Gasteiger partial charge in [-0.05, 0) is 61.7 Å². The van der Waals surface area contributed by atoms with Crippen molar-refractivity contribution in [1.82, 2.24) is 4.98 Å². The summed E-state index contributed by atoms with van der Waals surface area (Å²) in [5.41, 5.74) is 2.22. The standard InChI is InChI=1S/C26H21Cl2N3O4/c1-2-34-25(33)12-24(32)23(13-29)30-14-15-9-19(27)26(20(28)10-15)35-18-6-8-22-17(11-18)5-7-21(31-22)16-3-4-16/h5-11,16H,2-4,12,14H2,1H3. The molecule has 0 radical (unpaired) electrons. The summed E-state index contributed by atoms with van der Waals surface area (Å²) in [5.74, 6) is 0.000891. The summed E-state index contributed by atoms with van der Waals surface area (Å²) in [6.45, 7) is 1.75. The molecule has 0 spiro atoms. The predicted molar refractivity (Wildman–Crippen MR) is 133 cm³/mol. The van der Waals surface area contributed by atoms with Crippen LogP contribution in [0.25, 0.3) is 10.9 Å². The highest BCUT2D eigenvalue weighted by Crippen LogP contribution is 2.40. The number of ketones is 1. The zero-order chi connectivity index (χ0) is 24.9. The molecule has 0 aliphatic heterocycles. The molecule has 3 aromatic rings. The second kappa shape index (κ2) is 10.9. The first-order valence-corrected chi connectivity index (χ1v) is 11.8. The monoisotopic (exact) mass is 509 g/mol. The highest BCUT2D eigenvalue weighted by Gasteiger charge is 2.25. The first kappa shape index (κ1) is 24.6. The lowest BCUT2D eigenvalue weighted by atomic mass is 10.1. The number of ether oxygens (including phenoxy) is 2. The number of aliphatic imine (C=N–C) groups is 1. The Morgan fingerprint density at radius 3 is 2.54 bits per heavy atom. The third-order valence-electron chi connectivity index (χ3n) is 5.36. The molecule has 4 rings (SSSR count). The number of Topliss-reactive ketones (excluding diaryl/α,β-unsaturated/α-hetero) is 1. The third kappa shape index (κ3) is 6.16. The normalized spacial score (nSPS) is 13.4. The summed E-state index contributed by atoms with van der Waals surface area (Å²) < 4.78 is 10.7. The molecule has 1 saturated carbocycles. The molecule has 0 bridgehead atoms. The Hall–Kier alpha value is -3.47. The Labute approximate surface area is 212 Å². The number of hydrogen-bond donors (Lipinski definition) is 0. The molecule has 0 unspecified atom stereocenters. The number of rotatable bonds is 9. The van der Waals surface area contributed by atoms with Gasteiger partial charge in [0.15, 0.2) is 11.5 Å². The Kier molecular flexibility index (Phi) is 7.64. The van der Waals surface area contributed by atoms with E-state index in [9.17, 15) is 14.9 Å². The third-order valence-corrected chi connectivity index (χ3v) is 5.92. The summed E-state index contributed by atoms with van der Waals surface area (Å²) >= 11 is 12.8. The molecule has 1 aliphatic carbocycles. The summed E-state index contributed by atoms with van der Waals surface area (Å²) in [5, 5.41) is 10.7. The predicted octanol–water partition coefficient (Wildman–Crippen LogP) is 6.20. The largest absolute Gasteiger partial charge is 0.466 e. The lowest BCUT2D eigenvalue weighted by molar-refractivity contribution is -0.144. The average Bonchev–Trinajstić information content (AvgIpc) is 3.67. The minimum absolute atomic E-state index is 0.0256. The Morgan fingerprint density at radius 2 is 1.89 bits per heavy atom. The van der Waals surface area contributed by atoms with Crippen LogP contribution >= 0.6 is 23.2 Å². The maximum Gasteiger partial charge on any atom is 0.313 e. The molecule has 1 heterocycles. The minimum atomic E-state index is -0.710. The summed E-state index contributed by atoms with van der Waals surface area (Å²) in [6, 6.07) is 14.6. The van der Waals surface area contributed by atoms with Crippen LogP contribution in [0, 0.1) is 11.3 Å². The number of carbonyl (C=O) groups is 2. The van der Waals surface area contributed by atoms with Crippen LogP contribution in [-0.2, 0) is 20.9 Å². The van der Waals surface area contributed by atoms with Crippen LogP contribution < -0.4 is 4.74 Å². The topological polar surface area (TPSA) is 102 Å². The molecule has 0 atom stereocenters. The van der Waals surface area contributed by atoms with Gasteiger partial charge in [0.25, 0.3) is 0 Å². The van der Waals surface area contributed by atoms with Gasteiger partial charge < -0.3 is 9.47 Å². The number of aromatic nitrogens is 1. The fourth-order valence-electron chi connectivity index (χ4n) is 3.49. The quantitative estimate of drug-likeness (QED) is 0.193. The summed E-state index contributed by atoms with van der Waals surface area (Å²) in [4.78, 5) is 32.3. The van der Waals surface area contributed by atoms with Gasteiger partial charge in [-0.2, -0.15) is 5.26 Å². The van der Waals surface area contributed by atoms with Crippen LogP contribution in [0.4, 0.5) is 0 Å². The Morgan fingerprint density at radius 1 is 1.14 bits per heavy atom. The number of fused-ring (bicyclic) bond motifs is 1. The number of hydrogen-bond acceptors (Lipinski definition) is 7. The molecule has 1 aliphatic rings. The van der Waals surface area contributed by atoms with E-state index < -0.39 is 18.2 Å². The van der Waals surface area contributed by atoms with Crippen molar-refractivity contribution < 1.29 is 19.1 Å². The maximum absolute atomic E-state index is 12.1. The van der Waals surface area contributed by atoms with Gasteiger partial charge in [0.1, 0.15) is 18.2 Å². The van der Waals surface area contributed by atoms with E-state index in [1.807, 2.05) is 30.3 Å². The van der Waals surface area contributed by atoms with Gasteiger partial charge in [-0.15, -0.1) is 0 Å². The van der Waals surface area contributed by atoms with E-state index in [0.29, 0.717) is 17.2 Å². The number of esters is 1. The highest BCUT2D eigenvalue weighted by molar-refractivity contribution is 6.48. The molecule has 9 heteroatoms. The molecule has 0 amide bonds. The first-order valence-electron chi connectivity index (χ1n) is 11.1. The van der Waals surface area contributed by atoms with Gasteiger partial charge >= 0.3 is 5.97 Å². The van der Waals surface area contributed by atoms with Crippen LogP contribution in [-0.4, -0.2) is 29.1 Å². The molecule has 1 aromatic heterocycles. The first-order chi connectivity index (χ1) is 16.9. The fourth-order valence-corrected chi connectivity index (χ4v) is 4.10. The van der Waals surface area contributed by atoms with E-state index in [1.165, 1.54) is 12.8 Å². The van der Waals surface area contributed by atoms with Gasteiger partial charge in [-0.25, -0.2) is 0 Å². The molecule has 2 aromatic carbocycles. The van der Waals surface area contributed by atoms with Crippen molar-refractivity contribution in [3.8, 4) is 17.6 Å². The number of nitrogens with zero attached hydrogens (tertiary/aromatic N) is 3. The zero-order valence-electron chi connectivity index (χ0n) is 18.9. The molecule has 178 valence electrons. The fraction of sp³-hybridized carbons (Fsp3) is 0.269. The average molecular weight is 510 g/mol. The van der Waals surface area contributed by atoms with Gasteiger partial charge in [0, 0.05) is 17.0 Å².